The number of nitrogens with one attached hydrogen (secondary N) is 1. The molecule has 0 aliphatic carbocycles. The number of rotatable bonds is 5. The minimum Gasteiger partial charge on any atom is -0.456 e. The molecule has 31 heavy (non-hydrogen) atoms. The van der Waals surface area contributed by atoms with Crippen LogP contribution in [0, 0.1) is 13.8 Å². The summed E-state index contributed by atoms with van der Waals surface area (Å²) in [6.07, 6.45) is 0. The molecule has 0 aliphatic heterocycles. The van der Waals surface area contributed by atoms with Gasteiger partial charge in [-0.2, -0.15) is 0 Å². The van der Waals surface area contributed by atoms with E-state index in [1.54, 1.807) is 43.3 Å². The van der Waals surface area contributed by atoms with Crippen LogP contribution in [0.4, 0.5) is 5.69 Å². The number of aryl methyl sites for hydroxylation is 2. The number of carbonyl (C=O) groups excluding carboxylic acids is 2. The van der Waals surface area contributed by atoms with E-state index in [9.17, 15) is 14.4 Å². The molecule has 8 heteroatoms. The SMILES string of the molecule is Cc1cc2nc(COC(=O)c3cccc(NC(=O)c4ccccc4C)c3)cc(=O)n2o1. The van der Waals surface area contributed by atoms with Gasteiger partial charge in [0.15, 0.2) is 5.65 Å². The van der Waals surface area contributed by atoms with Crippen LogP contribution < -0.4 is 10.9 Å². The molecular formula is C23H19N3O5. The standard InChI is InChI=1S/C23H19N3O5/c1-14-6-3-4-9-19(14)22(28)25-17-8-5-7-16(11-17)23(29)30-13-18-12-21(27)26-20(24-18)10-15(2)31-26/h3-12H,13H2,1-2H3,(H,25,28). The van der Waals surface area contributed by atoms with E-state index >= 15 is 0 Å². The molecule has 2 aromatic heterocycles. The van der Waals surface area contributed by atoms with Crippen molar-refractivity contribution in [2.75, 3.05) is 5.32 Å². The molecule has 1 N–H and O–H groups in total. The highest BCUT2D eigenvalue weighted by molar-refractivity contribution is 6.05. The topological polar surface area (TPSA) is 103 Å². The van der Waals surface area contributed by atoms with Crippen LogP contribution in [0.2, 0.25) is 0 Å². The summed E-state index contributed by atoms with van der Waals surface area (Å²) >= 11 is 0. The summed E-state index contributed by atoms with van der Waals surface area (Å²) in [5.74, 6) is -0.322. The second-order valence-electron chi connectivity index (χ2n) is 7.01. The number of benzene rings is 2. The Morgan fingerprint density at radius 2 is 1.87 bits per heavy atom. The molecule has 0 spiro atoms. The van der Waals surface area contributed by atoms with Gasteiger partial charge in [0.25, 0.3) is 11.5 Å². The van der Waals surface area contributed by atoms with Crippen molar-refractivity contribution >= 4 is 23.2 Å². The lowest BCUT2D eigenvalue weighted by molar-refractivity contribution is 0.0467. The molecule has 0 aliphatic rings. The molecule has 0 saturated carbocycles. The first kappa shape index (κ1) is 20.1. The van der Waals surface area contributed by atoms with E-state index in [1.807, 2.05) is 19.1 Å². The van der Waals surface area contributed by atoms with Gasteiger partial charge >= 0.3 is 5.97 Å². The highest BCUT2D eigenvalue weighted by Crippen LogP contribution is 2.15. The van der Waals surface area contributed by atoms with Crippen molar-refractivity contribution in [1.29, 1.82) is 0 Å². The number of amides is 1. The number of aromatic nitrogens is 2. The van der Waals surface area contributed by atoms with Gasteiger partial charge in [-0.25, -0.2) is 9.78 Å². The maximum absolute atomic E-state index is 12.5. The molecule has 0 unspecified atom stereocenters. The Bertz CT molecular complexity index is 1350. The number of fused-ring (bicyclic) bond motifs is 1. The Hall–Kier alpha value is -4.20. The molecule has 1 amide bonds. The first-order chi connectivity index (χ1) is 14.9. The first-order valence-corrected chi connectivity index (χ1v) is 9.54. The van der Waals surface area contributed by atoms with Gasteiger partial charge in [0.05, 0.1) is 11.3 Å². The van der Waals surface area contributed by atoms with Crippen LogP contribution >= 0.6 is 0 Å². The normalized spacial score (nSPS) is 10.8. The van der Waals surface area contributed by atoms with Gasteiger partial charge in [0.1, 0.15) is 12.4 Å². The molecule has 0 radical (unpaired) electrons. The monoisotopic (exact) mass is 417 g/mol. The highest BCUT2D eigenvalue weighted by Gasteiger charge is 2.13. The Labute approximate surface area is 177 Å². The zero-order valence-corrected chi connectivity index (χ0v) is 16.9. The van der Waals surface area contributed by atoms with Gasteiger partial charge in [-0.05, 0) is 43.7 Å². The predicted octanol–water partition coefficient (Wildman–Crippen LogP) is 3.51. The van der Waals surface area contributed by atoms with E-state index in [-0.39, 0.29) is 18.1 Å². The number of nitrogens with zero attached hydrogens (tertiary/aromatic N) is 2. The summed E-state index contributed by atoms with van der Waals surface area (Å²) in [6.45, 7) is 3.39. The second-order valence-corrected chi connectivity index (χ2v) is 7.01. The fourth-order valence-electron chi connectivity index (χ4n) is 3.12. The molecule has 2 aromatic carbocycles. The number of hydrogen-bond acceptors (Lipinski definition) is 6. The fraction of sp³-hybridized carbons (Fsp3) is 0.130. The molecule has 4 aromatic rings. The van der Waals surface area contributed by atoms with E-state index < -0.39 is 11.5 Å². The summed E-state index contributed by atoms with van der Waals surface area (Å²) in [4.78, 5) is 41.3. The van der Waals surface area contributed by atoms with Crippen LogP contribution in [0.25, 0.3) is 5.65 Å². The lowest BCUT2D eigenvalue weighted by Crippen LogP contribution is -2.15. The minimum absolute atomic E-state index is 0.172. The molecule has 0 atom stereocenters. The van der Waals surface area contributed by atoms with Crippen molar-refractivity contribution in [2.45, 2.75) is 20.5 Å². The van der Waals surface area contributed by atoms with Crippen molar-refractivity contribution in [2.24, 2.45) is 0 Å². The van der Waals surface area contributed by atoms with E-state index in [4.69, 9.17) is 9.26 Å². The molecular weight excluding hydrogens is 398 g/mol. The average molecular weight is 417 g/mol. The highest BCUT2D eigenvalue weighted by atomic mass is 16.5. The summed E-state index contributed by atoms with van der Waals surface area (Å²) < 4.78 is 11.6. The molecule has 4 rings (SSSR count). The third-order valence-electron chi connectivity index (χ3n) is 4.62. The van der Waals surface area contributed by atoms with Crippen molar-refractivity contribution in [3.05, 3.63) is 99.2 Å². The number of ether oxygens (including phenoxy) is 1. The molecule has 8 nitrogen and oxygen atoms in total. The summed E-state index contributed by atoms with van der Waals surface area (Å²) in [5, 5.41) is 2.78. The molecule has 156 valence electrons. The lowest BCUT2D eigenvalue weighted by atomic mass is 10.1. The van der Waals surface area contributed by atoms with Crippen LogP contribution in [0.5, 0.6) is 0 Å². The Morgan fingerprint density at radius 1 is 1.06 bits per heavy atom. The molecule has 2 heterocycles. The van der Waals surface area contributed by atoms with Gasteiger partial charge in [-0.1, -0.05) is 24.3 Å². The molecule has 0 bridgehead atoms. The zero-order chi connectivity index (χ0) is 22.0. The fourth-order valence-corrected chi connectivity index (χ4v) is 3.12. The van der Waals surface area contributed by atoms with Crippen LogP contribution in [-0.2, 0) is 11.3 Å². The van der Waals surface area contributed by atoms with Gasteiger partial charge in [-0.3, -0.25) is 9.59 Å². The van der Waals surface area contributed by atoms with Crippen LogP contribution in [0.15, 0.2) is 70.0 Å². The Kier molecular flexibility index (Phi) is 5.36. The Morgan fingerprint density at radius 3 is 2.68 bits per heavy atom. The number of anilines is 1. The summed E-state index contributed by atoms with van der Waals surface area (Å²) in [5.41, 5.74) is 2.39. The van der Waals surface area contributed by atoms with Gasteiger partial charge in [-0.15, -0.1) is 4.57 Å². The predicted molar refractivity (Wildman–Crippen MR) is 113 cm³/mol. The number of hydrogen-bond donors (Lipinski definition) is 1. The van der Waals surface area contributed by atoms with Crippen molar-refractivity contribution in [1.82, 2.24) is 9.56 Å². The molecule has 0 fully saturated rings. The molecule has 0 saturated heterocycles. The third kappa shape index (κ3) is 4.37. The van der Waals surface area contributed by atoms with E-state index in [2.05, 4.69) is 10.3 Å². The smallest absolute Gasteiger partial charge is 0.338 e. The van der Waals surface area contributed by atoms with Crippen LogP contribution in [0.3, 0.4) is 0 Å². The van der Waals surface area contributed by atoms with Gasteiger partial charge in [0, 0.05) is 23.4 Å². The van der Waals surface area contributed by atoms with E-state index in [0.29, 0.717) is 28.4 Å². The largest absolute Gasteiger partial charge is 0.456 e. The quantitative estimate of drug-likeness (QED) is 0.499. The van der Waals surface area contributed by atoms with Crippen molar-refractivity contribution < 1.29 is 18.8 Å². The Balaban J connectivity index is 1.45. The number of carbonyl (C=O) groups is 2. The maximum atomic E-state index is 12.5. The van der Waals surface area contributed by atoms with E-state index in [1.165, 1.54) is 12.1 Å². The first-order valence-electron chi connectivity index (χ1n) is 9.54. The average Bonchev–Trinajstić information content (AvgIpc) is 3.13. The minimum atomic E-state index is -0.600. The zero-order valence-electron chi connectivity index (χ0n) is 16.9. The van der Waals surface area contributed by atoms with Crippen LogP contribution in [-0.4, -0.2) is 21.4 Å². The summed E-state index contributed by atoms with van der Waals surface area (Å²) in [6, 6.07) is 16.5. The maximum Gasteiger partial charge on any atom is 0.338 e. The van der Waals surface area contributed by atoms with E-state index in [0.717, 1.165) is 10.1 Å². The van der Waals surface area contributed by atoms with Crippen molar-refractivity contribution in [3.63, 3.8) is 0 Å². The summed E-state index contributed by atoms with van der Waals surface area (Å²) in [7, 11) is 0. The van der Waals surface area contributed by atoms with Crippen LogP contribution in [0.1, 0.15) is 37.7 Å². The van der Waals surface area contributed by atoms with Gasteiger partial charge < -0.3 is 14.6 Å². The second kappa shape index (κ2) is 8.27. The third-order valence-corrected chi connectivity index (χ3v) is 4.62. The van der Waals surface area contributed by atoms with Crippen molar-refractivity contribution in [3.8, 4) is 0 Å². The lowest BCUT2D eigenvalue weighted by Gasteiger charge is -2.09. The number of esters is 1. The van der Waals surface area contributed by atoms with Gasteiger partial charge in [0.2, 0.25) is 0 Å².